The van der Waals surface area contributed by atoms with Gasteiger partial charge < -0.3 is 5.11 Å². The van der Waals surface area contributed by atoms with Crippen LogP contribution >= 0.6 is 46.4 Å². The number of fused-ring (bicyclic) bond motifs is 1. The van der Waals surface area contributed by atoms with Crippen molar-refractivity contribution in [3.63, 3.8) is 0 Å². The van der Waals surface area contributed by atoms with E-state index in [1.807, 2.05) is 30.3 Å². The van der Waals surface area contributed by atoms with Crippen molar-refractivity contribution >= 4 is 57.3 Å². The molecule has 1 unspecified atom stereocenters. The van der Waals surface area contributed by atoms with Gasteiger partial charge in [0.15, 0.2) is 0 Å². The SMILES string of the molecule is Oc1c(C(Cc2cc(Cl)c(Cl)cn2)c2ccc(Cl)cc2Cl)ccc2cccnc12. The number of pyridine rings is 2. The van der Waals surface area contributed by atoms with Gasteiger partial charge in [-0.3, -0.25) is 9.97 Å². The Labute approximate surface area is 187 Å². The highest BCUT2D eigenvalue weighted by molar-refractivity contribution is 6.41. The van der Waals surface area contributed by atoms with Crippen molar-refractivity contribution in [3.8, 4) is 5.75 Å². The molecule has 0 fully saturated rings. The third-order valence-corrected chi connectivity index (χ3v) is 6.04. The number of hydrogen-bond donors (Lipinski definition) is 1. The molecule has 2 aromatic carbocycles. The second-order valence-electron chi connectivity index (χ2n) is 6.59. The van der Waals surface area contributed by atoms with Crippen molar-refractivity contribution in [2.75, 3.05) is 0 Å². The first-order chi connectivity index (χ1) is 13.9. The summed E-state index contributed by atoms with van der Waals surface area (Å²) in [5.41, 5.74) is 2.75. The van der Waals surface area contributed by atoms with Crippen molar-refractivity contribution in [2.24, 2.45) is 0 Å². The first-order valence-corrected chi connectivity index (χ1v) is 10.3. The molecule has 7 heteroatoms. The van der Waals surface area contributed by atoms with Crippen LogP contribution in [0.15, 0.2) is 60.9 Å². The first-order valence-electron chi connectivity index (χ1n) is 8.75. The Bertz CT molecular complexity index is 1210. The maximum atomic E-state index is 11.0. The molecular formula is C22H14Cl4N2O. The number of aromatic nitrogens is 2. The topological polar surface area (TPSA) is 46.0 Å². The summed E-state index contributed by atoms with van der Waals surface area (Å²) in [5, 5.41) is 13.7. The molecule has 0 spiro atoms. The molecule has 3 nitrogen and oxygen atoms in total. The molecule has 2 aromatic heterocycles. The normalized spacial score (nSPS) is 12.3. The molecule has 0 saturated carbocycles. The van der Waals surface area contributed by atoms with Crippen molar-refractivity contribution in [3.05, 3.63) is 97.8 Å². The average Bonchev–Trinajstić information content (AvgIpc) is 2.70. The van der Waals surface area contributed by atoms with Crippen molar-refractivity contribution < 1.29 is 5.11 Å². The van der Waals surface area contributed by atoms with E-state index in [4.69, 9.17) is 46.4 Å². The molecule has 0 aliphatic carbocycles. The number of rotatable bonds is 4. The van der Waals surface area contributed by atoms with Crippen molar-refractivity contribution in [1.82, 2.24) is 9.97 Å². The van der Waals surface area contributed by atoms with Gasteiger partial charge in [0, 0.05) is 51.4 Å². The Morgan fingerprint density at radius 1 is 0.828 bits per heavy atom. The third kappa shape index (κ3) is 4.15. The van der Waals surface area contributed by atoms with Gasteiger partial charge in [0.2, 0.25) is 0 Å². The molecule has 146 valence electrons. The van der Waals surface area contributed by atoms with Crippen LogP contribution in [0.4, 0.5) is 0 Å². The number of halogens is 4. The van der Waals surface area contributed by atoms with Crippen molar-refractivity contribution in [2.45, 2.75) is 12.3 Å². The smallest absolute Gasteiger partial charge is 0.145 e. The number of benzene rings is 2. The second kappa shape index (κ2) is 8.37. The molecule has 0 bridgehead atoms. The Hall–Kier alpha value is -2.04. The van der Waals surface area contributed by atoms with E-state index in [1.54, 1.807) is 24.4 Å². The maximum Gasteiger partial charge on any atom is 0.145 e. The molecular weight excluding hydrogens is 450 g/mol. The molecule has 2 heterocycles. The predicted octanol–water partition coefficient (Wildman–Crippen LogP) is 7.32. The molecule has 4 rings (SSSR count). The van der Waals surface area contributed by atoms with Crippen LogP contribution in [0.1, 0.15) is 22.7 Å². The zero-order chi connectivity index (χ0) is 20.5. The van der Waals surface area contributed by atoms with Crippen LogP contribution < -0.4 is 0 Å². The highest BCUT2D eigenvalue weighted by Crippen LogP contribution is 2.40. The zero-order valence-electron chi connectivity index (χ0n) is 14.9. The van der Waals surface area contributed by atoms with E-state index in [0.717, 1.165) is 16.6 Å². The third-order valence-electron chi connectivity index (χ3n) is 4.77. The zero-order valence-corrected chi connectivity index (χ0v) is 17.9. The van der Waals surface area contributed by atoms with Gasteiger partial charge in [-0.2, -0.15) is 0 Å². The summed E-state index contributed by atoms with van der Waals surface area (Å²) < 4.78 is 0. The van der Waals surface area contributed by atoms with Crippen LogP contribution in [0.5, 0.6) is 5.75 Å². The van der Waals surface area contributed by atoms with E-state index < -0.39 is 0 Å². The van der Waals surface area contributed by atoms with Crippen LogP contribution in [-0.2, 0) is 6.42 Å². The lowest BCUT2D eigenvalue weighted by atomic mass is 9.86. The highest BCUT2D eigenvalue weighted by atomic mass is 35.5. The fourth-order valence-corrected chi connectivity index (χ4v) is 4.19. The lowest BCUT2D eigenvalue weighted by molar-refractivity contribution is 0.469. The van der Waals surface area contributed by atoms with Gasteiger partial charge in [-0.15, -0.1) is 0 Å². The standard InChI is InChI=1S/C22H14Cl4N2O/c23-13-4-6-15(18(24)8-13)17(9-14-10-19(25)20(26)11-28-14)16-5-3-12-2-1-7-27-21(12)22(16)29/h1-8,10-11,17,29H,9H2. The fraction of sp³-hybridized carbons (Fsp3) is 0.0909. The lowest BCUT2D eigenvalue weighted by Crippen LogP contribution is -2.08. The molecule has 0 aliphatic rings. The fourth-order valence-electron chi connectivity index (χ4n) is 3.37. The van der Waals surface area contributed by atoms with E-state index in [0.29, 0.717) is 37.6 Å². The van der Waals surface area contributed by atoms with E-state index in [9.17, 15) is 5.11 Å². The van der Waals surface area contributed by atoms with Gasteiger partial charge in [-0.05, 0) is 29.8 Å². The largest absolute Gasteiger partial charge is 0.505 e. The minimum atomic E-state index is -0.295. The molecule has 0 amide bonds. The molecule has 4 aromatic rings. The van der Waals surface area contributed by atoms with Crippen LogP contribution in [0.2, 0.25) is 20.1 Å². The molecule has 0 aliphatic heterocycles. The molecule has 1 N–H and O–H groups in total. The van der Waals surface area contributed by atoms with Gasteiger partial charge in [0.25, 0.3) is 0 Å². The van der Waals surface area contributed by atoms with E-state index in [2.05, 4.69) is 9.97 Å². The quantitative estimate of drug-likeness (QED) is 0.344. The summed E-state index contributed by atoms with van der Waals surface area (Å²) in [6.45, 7) is 0. The summed E-state index contributed by atoms with van der Waals surface area (Å²) in [6.07, 6.45) is 3.61. The van der Waals surface area contributed by atoms with Crippen LogP contribution in [-0.4, -0.2) is 15.1 Å². The van der Waals surface area contributed by atoms with Gasteiger partial charge >= 0.3 is 0 Å². The monoisotopic (exact) mass is 462 g/mol. The Balaban J connectivity index is 1.88. The van der Waals surface area contributed by atoms with Gasteiger partial charge in [-0.25, -0.2) is 0 Å². The van der Waals surface area contributed by atoms with Gasteiger partial charge in [-0.1, -0.05) is 70.7 Å². The Morgan fingerprint density at radius 2 is 1.62 bits per heavy atom. The number of nitrogens with zero attached hydrogens (tertiary/aromatic N) is 2. The van der Waals surface area contributed by atoms with Gasteiger partial charge in [0.1, 0.15) is 11.3 Å². The second-order valence-corrected chi connectivity index (χ2v) is 8.25. The molecule has 0 radical (unpaired) electrons. The minimum Gasteiger partial charge on any atom is -0.505 e. The maximum absolute atomic E-state index is 11.0. The summed E-state index contributed by atoms with van der Waals surface area (Å²) in [7, 11) is 0. The Kier molecular flexibility index (Phi) is 5.84. The number of phenols is 1. The van der Waals surface area contributed by atoms with E-state index >= 15 is 0 Å². The molecule has 1 atom stereocenters. The average molecular weight is 464 g/mol. The number of aromatic hydroxyl groups is 1. The van der Waals surface area contributed by atoms with E-state index in [-0.39, 0.29) is 11.7 Å². The van der Waals surface area contributed by atoms with Crippen LogP contribution in [0.25, 0.3) is 10.9 Å². The van der Waals surface area contributed by atoms with Crippen LogP contribution in [0, 0.1) is 0 Å². The summed E-state index contributed by atoms with van der Waals surface area (Å²) >= 11 is 24.8. The van der Waals surface area contributed by atoms with Crippen LogP contribution in [0.3, 0.4) is 0 Å². The predicted molar refractivity (Wildman–Crippen MR) is 120 cm³/mol. The van der Waals surface area contributed by atoms with Crippen molar-refractivity contribution in [1.29, 1.82) is 0 Å². The molecule has 0 saturated heterocycles. The number of hydrogen-bond acceptors (Lipinski definition) is 3. The molecule has 29 heavy (non-hydrogen) atoms. The van der Waals surface area contributed by atoms with E-state index in [1.165, 1.54) is 6.20 Å². The Morgan fingerprint density at radius 3 is 2.38 bits per heavy atom. The highest BCUT2D eigenvalue weighted by Gasteiger charge is 2.23. The summed E-state index contributed by atoms with van der Waals surface area (Å²) in [6, 6.07) is 14.6. The number of phenolic OH excluding ortho intramolecular Hbond substituents is 1. The lowest BCUT2D eigenvalue weighted by Gasteiger charge is -2.21. The first kappa shape index (κ1) is 20.2. The minimum absolute atomic E-state index is 0.110. The summed E-state index contributed by atoms with van der Waals surface area (Å²) in [5.74, 6) is -0.185. The summed E-state index contributed by atoms with van der Waals surface area (Å²) in [4.78, 5) is 8.71. The van der Waals surface area contributed by atoms with Gasteiger partial charge in [0.05, 0.1) is 10.0 Å².